The number of aromatic amines is 1. The number of nitrogens with one attached hydrogen (secondary N) is 1. The number of benzene rings is 1. The van der Waals surface area contributed by atoms with Gasteiger partial charge in [-0.2, -0.15) is 5.10 Å². The summed E-state index contributed by atoms with van der Waals surface area (Å²) in [6, 6.07) is 14.0. The molecule has 0 radical (unpaired) electrons. The lowest BCUT2D eigenvalue weighted by Crippen LogP contribution is -2.15. The van der Waals surface area contributed by atoms with Crippen LogP contribution >= 0.6 is 11.3 Å². The standard InChI is InChI=1S/C14H14N4S/c15-11(9-10-5-2-1-3-6-10)13-16-14(18-17-13)12-7-4-8-19-12/h1-8,11H,9,15H2,(H,16,17,18). The van der Waals surface area contributed by atoms with Crippen molar-refractivity contribution in [3.05, 3.63) is 59.2 Å². The molecular weight excluding hydrogens is 256 g/mol. The van der Waals surface area contributed by atoms with Gasteiger partial charge in [0.2, 0.25) is 0 Å². The third-order valence-electron chi connectivity index (χ3n) is 2.89. The number of rotatable bonds is 4. The first kappa shape index (κ1) is 12.1. The van der Waals surface area contributed by atoms with Crippen LogP contribution in [0.1, 0.15) is 17.4 Å². The second kappa shape index (κ2) is 5.34. The lowest BCUT2D eigenvalue weighted by Gasteiger charge is -2.07. The smallest absolute Gasteiger partial charge is 0.191 e. The molecule has 2 heterocycles. The first-order chi connectivity index (χ1) is 9.33. The van der Waals surface area contributed by atoms with E-state index in [4.69, 9.17) is 5.73 Å². The van der Waals surface area contributed by atoms with E-state index in [-0.39, 0.29) is 6.04 Å². The van der Waals surface area contributed by atoms with Gasteiger partial charge in [0, 0.05) is 0 Å². The normalized spacial score (nSPS) is 12.5. The molecule has 0 fully saturated rings. The van der Waals surface area contributed by atoms with E-state index >= 15 is 0 Å². The number of hydrogen-bond donors (Lipinski definition) is 2. The van der Waals surface area contributed by atoms with E-state index in [0.717, 1.165) is 17.1 Å². The Hall–Kier alpha value is -1.98. The molecule has 96 valence electrons. The van der Waals surface area contributed by atoms with Crippen molar-refractivity contribution in [3.8, 4) is 10.7 Å². The average Bonchev–Trinajstić information content (AvgIpc) is 3.11. The second-order valence-corrected chi connectivity index (χ2v) is 5.27. The van der Waals surface area contributed by atoms with Crippen LogP contribution in [-0.2, 0) is 6.42 Å². The van der Waals surface area contributed by atoms with Crippen LogP contribution in [0.25, 0.3) is 10.7 Å². The predicted molar refractivity (Wildman–Crippen MR) is 76.8 cm³/mol. The summed E-state index contributed by atoms with van der Waals surface area (Å²) in [6.07, 6.45) is 0.750. The molecule has 3 rings (SSSR count). The first-order valence-corrected chi connectivity index (χ1v) is 6.96. The van der Waals surface area contributed by atoms with E-state index in [1.165, 1.54) is 5.56 Å². The van der Waals surface area contributed by atoms with Gasteiger partial charge in [-0.15, -0.1) is 11.3 Å². The summed E-state index contributed by atoms with van der Waals surface area (Å²) >= 11 is 1.62. The fourth-order valence-electron chi connectivity index (χ4n) is 1.92. The topological polar surface area (TPSA) is 67.6 Å². The molecule has 0 spiro atoms. The quantitative estimate of drug-likeness (QED) is 0.766. The van der Waals surface area contributed by atoms with Crippen molar-refractivity contribution in [1.29, 1.82) is 0 Å². The lowest BCUT2D eigenvalue weighted by molar-refractivity contribution is 0.671. The Morgan fingerprint density at radius 2 is 2.00 bits per heavy atom. The zero-order valence-corrected chi connectivity index (χ0v) is 11.1. The molecule has 5 heteroatoms. The van der Waals surface area contributed by atoms with Gasteiger partial charge in [-0.3, -0.25) is 5.10 Å². The van der Waals surface area contributed by atoms with Crippen LogP contribution in [-0.4, -0.2) is 15.2 Å². The van der Waals surface area contributed by atoms with Crippen LogP contribution in [0, 0.1) is 0 Å². The maximum atomic E-state index is 6.16. The molecule has 0 bridgehead atoms. The minimum absolute atomic E-state index is 0.163. The number of nitrogens with zero attached hydrogens (tertiary/aromatic N) is 2. The monoisotopic (exact) mass is 270 g/mol. The molecule has 1 unspecified atom stereocenters. The number of nitrogens with two attached hydrogens (primary N) is 1. The van der Waals surface area contributed by atoms with Gasteiger partial charge in [0.25, 0.3) is 0 Å². The summed E-state index contributed by atoms with van der Waals surface area (Å²) in [6.45, 7) is 0. The summed E-state index contributed by atoms with van der Waals surface area (Å²) in [5.41, 5.74) is 7.36. The number of hydrogen-bond acceptors (Lipinski definition) is 4. The Balaban J connectivity index is 1.76. The van der Waals surface area contributed by atoms with Crippen molar-refractivity contribution in [1.82, 2.24) is 15.2 Å². The second-order valence-electron chi connectivity index (χ2n) is 4.32. The van der Waals surface area contributed by atoms with Gasteiger partial charge < -0.3 is 5.73 Å². The van der Waals surface area contributed by atoms with E-state index in [2.05, 4.69) is 27.3 Å². The lowest BCUT2D eigenvalue weighted by atomic mass is 10.1. The molecule has 19 heavy (non-hydrogen) atoms. The van der Waals surface area contributed by atoms with Crippen LogP contribution in [0.2, 0.25) is 0 Å². The fraction of sp³-hybridized carbons (Fsp3) is 0.143. The van der Waals surface area contributed by atoms with Gasteiger partial charge in [0.15, 0.2) is 5.82 Å². The maximum Gasteiger partial charge on any atom is 0.191 e. The predicted octanol–water partition coefficient (Wildman–Crippen LogP) is 2.78. The summed E-state index contributed by atoms with van der Waals surface area (Å²) < 4.78 is 0. The Labute approximate surface area is 115 Å². The molecule has 0 aliphatic carbocycles. The molecule has 2 aromatic heterocycles. The van der Waals surface area contributed by atoms with Gasteiger partial charge in [0.05, 0.1) is 10.9 Å². The van der Waals surface area contributed by atoms with Crippen LogP contribution in [0.3, 0.4) is 0 Å². The van der Waals surface area contributed by atoms with Gasteiger partial charge in [-0.1, -0.05) is 36.4 Å². The minimum Gasteiger partial charge on any atom is -0.321 e. The Morgan fingerprint density at radius 3 is 2.74 bits per heavy atom. The summed E-state index contributed by atoms with van der Waals surface area (Å²) in [7, 11) is 0. The fourth-order valence-corrected chi connectivity index (χ4v) is 2.58. The summed E-state index contributed by atoms with van der Waals surface area (Å²) in [5, 5.41) is 9.16. The van der Waals surface area contributed by atoms with Crippen molar-refractivity contribution in [3.63, 3.8) is 0 Å². The van der Waals surface area contributed by atoms with Gasteiger partial charge in [0.1, 0.15) is 5.82 Å². The Kier molecular flexibility index (Phi) is 3.39. The zero-order valence-electron chi connectivity index (χ0n) is 10.3. The summed E-state index contributed by atoms with van der Waals surface area (Å²) in [5.74, 6) is 1.45. The minimum atomic E-state index is -0.163. The van der Waals surface area contributed by atoms with Gasteiger partial charge >= 0.3 is 0 Å². The molecule has 0 amide bonds. The van der Waals surface area contributed by atoms with Crippen molar-refractivity contribution < 1.29 is 0 Å². The highest BCUT2D eigenvalue weighted by atomic mass is 32.1. The molecular formula is C14H14N4S. The highest BCUT2D eigenvalue weighted by Gasteiger charge is 2.13. The van der Waals surface area contributed by atoms with E-state index in [1.54, 1.807) is 11.3 Å². The highest BCUT2D eigenvalue weighted by Crippen LogP contribution is 2.22. The van der Waals surface area contributed by atoms with Crippen molar-refractivity contribution >= 4 is 11.3 Å². The van der Waals surface area contributed by atoms with E-state index in [1.807, 2.05) is 35.7 Å². The third-order valence-corrected chi connectivity index (χ3v) is 3.76. The average molecular weight is 270 g/mol. The van der Waals surface area contributed by atoms with Crippen LogP contribution in [0.5, 0.6) is 0 Å². The van der Waals surface area contributed by atoms with Gasteiger partial charge in [-0.05, 0) is 23.4 Å². The molecule has 0 aliphatic heterocycles. The molecule has 3 aromatic rings. The van der Waals surface area contributed by atoms with E-state index in [9.17, 15) is 0 Å². The largest absolute Gasteiger partial charge is 0.321 e. The molecule has 1 aromatic carbocycles. The van der Waals surface area contributed by atoms with E-state index in [0.29, 0.717) is 5.82 Å². The van der Waals surface area contributed by atoms with Crippen LogP contribution < -0.4 is 5.73 Å². The Bertz CT molecular complexity index is 631. The van der Waals surface area contributed by atoms with E-state index < -0.39 is 0 Å². The van der Waals surface area contributed by atoms with Crippen molar-refractivity contribution in [2.75, 3.05) is 0 Å². The Morgan fingerprint density at radius 1 is 1.16 bits per heavy atom. The van der Waals surface area contributed by atoms with Crippen LogP contribution in [0.4, 0.5) is 0 Å². The first-order valence-electron chi connectivity index (χ1n) is 6.08. The molecule has 0 saturated heterocycles. The van der Waals surface area contributed by atoms with Gasteiger partial charge in [-0.25, -0.2) is 4.98 Å². The maximum absolute atomic E-state index is 6.16. The molecule has 4 nitrogen and oxygen atoms in total. The van der Waals surface area contributed by atoms with Crippen molar-refractivity contribution in [2.45, 2.75) is 12.5 Å². The number of thiophene rings is 1. The number of H-pyrrole nitrogens is 1. The third kappa shape index (κ3) is 2.72. The molecule has 1 atom stereocenters. The molecule has 0 aliphatic rings. The molecule has 3 N–H and O–H groups in total. The SMILES string of the molecule is NC(Cc1ccccc1)c1nc(-c2cccs2)n[nH]1. The zero-order chi connectivity index (χ0) is 13.1. The van der Waals surface area contributed by atoms with Crippen molar-refractivity contribution in [2.24, 2.45) is 5.73 Å². The molecule has 0 saturated carbocycles. The van der Waals surface area contributed by atoms with Crippen LogP contribution in [0.15, 0.2) is 47.8 Å². The highest BCUT2D eigenvalue weighted by molar-refractivity contribution is 7.13. The summed E-state index contributed by atoms with van der Waals surface area (Å²) in [4.78, 5) is 5.52. The number of aromatic nitrogens is 3.